The van der Waals surface area contributed by atoms with Gasteiger partial charge in [-0.1, -0.05) is 31.8 Å². The van der Waals surface area contributed by atoms with Crippen molar-refractivity contribution in [1.29, 1.82) is 0 Å². The number of carbonyl (C=O) groups is 2. The molecule has 0 amide bonds. The molecule has 128 valence electrons. The van der Waals surface area contributed by atoms with Crippen molar-refractivity contribution in [2.24, 2.45) is 0 Å². The summed E-state index contributed by atoms with van der Waals surface area (Å²) in [6, 6.07) is 0. The van der Waals surface area contributed by atoms with E-state index in [4.69, 9.17) is 9.47 Å². The summed E-state index contributed by atoms with van der Waals surface area (Å²) in [5, 5.41) is 0. The highest BCUT2D eigenvalue weighted by atomic mass is 32.1. The van der Waals surface area contributed by atoms with E-state index in [1.54, 1.807) is 0 Å². The summed E-state index contributed by atoms with van der Waals surface area (Å²) >= 11 is 4.17. The van der Waals surface area contributed by atoms with Crippen molar-refractivity contribution in [2.45, 2.75) is 64.2 Å². The molecule has 0 N–H and O–H groups in total. The van der Waals surface area contributed by atoms with Gasteiger partial charge in [0.2, 0.25) is 0 Å². The number of rotatable bonds is 15. The normalized spacial score (nSPS) is 10.2. The maximum absolute atomic E-state index is 11.5. The first-order chi connectivity index (χ1) is 10.7. The first kappa shape index (κ1) is 21.0. The largest absolute Gasteiger partial charge is 0.466 e. The van der Waals surface area contributed by atoms with Gasteiger partial charge < -0.3 is 9.47 Å². The Morgan fingerprint density at radius 2 is 1.36 bits per heavy atom. The van der Waals surface area contributed by atoms with E-state index >= 15 is 0 Å². The molecule has 0 saturated heterocycles. The smallest absolute Gasteiger partial charge is 0.309 e. The highest BCUT2D eigenvalue weighted by Gasteiger charge is 2.03. The van der Waals surface area contributed by atoms with E-state index in [0.29, 0.717) is 26.1 Å². The summed E-state index contributed by atoms with van der Waals surface area (Å²) < 4.78 is 10.1. The number of unbranched alkanes of at least 4 members (excludes halogenated alkanes) is 6. The second-order valence-electron chi connectivity index (χ2n) is 5.24. The highest BCUT2D eigenvalue weighted by molar-refractivity contribution is 7.80. The van der Waals surface area contributed by atoms with Gasteiger partial charge in [-0.2, -0.15) is 12.6 Å². The van der Waals surface area contributed by atoms with Gasteiger partial charge in [0.05, 0.1) is 19.6 Å². The van der Waals surface area contributed by atoms with Crippen LogP contribution in [0.4, 0.5) is 0 Å². The Labute approximate surface area is 140 Å². The quantitative estimate of drug-likeness (QED) is 0.213. The van der Waals surface area contributed by atoms with Crippen molar-refractivity contribution in [1.82, 2.24) is 0 Å². The third-order valence-electron chi connectivity index (χ3n) is 3.16. The summed E-state index contributed by atoms with van der Waals surface area (Å²) in [6.45, 7) is 4.24. The molecule has 0 saturated carbocycles. The van der Waals surface area contributed by atoms with Gasteiger partial charge in [-0.15, -0.1) is 6.58 Å². The monoisotopic (exact) mass is 330 g/mol. The second kappa shape index (κ2) is 16.4. The number of thiol groups is 1. The van der Waals surface area contributed by atoms with Gasteiger partial charge in [-0.3, -0.25) is 9.59 Å². The molecule has 0 aliphatic carbocycles. The summed E-state index contributed by atoms with van der Waals surface area (Å²) in [5.41, 5.74) is 0. The van der Waals surface area contributed by atoms with Crippen molar-refractivity contribution in [2.75, 3.05) is 19.0 Å². The van der Waals surface area contributed by atoms with Crippen LogP contribution in [-0.4, -0.2) is 30.9 Å². The van der Waals surface area contributed by atoms with Crippen LogP contribution in [0.15, 0.2) is 12.7 Å². The molecular weight excluding hydrogens is 300 g/mol. The van der Waals surface area contributed by atoms with Crippen LogP contribution in [0, 0.1) is 0 Å². The Kier molecular flexibility index (Phi) is 15.7. The predicted octanol–water partition coefficient (Wildman–Crippen LogP) is 4.09. The molecular formula is C17H30O4S. The molecule has 0 unspecified atom stereocenters. The number of hydrogen-bond donors (Lipinski definition) is 1. The van der Waals surface area contributed by atoms with Gasteiger partial charge in [0.15, 0.2) is 0 Å². The minimum absolute atomic E-state index is 0.126. The molecule has 5 heteroatoms. The predicted molar refractivity (Wildman–Crippen MR) is 92.1 cm³/mol. The van der Waals surface area contributed by atoms with Gasteiger partial charge in [-0.05, 0) is 31.4 Å². The van der Waals surface area contributed by atoms with E-state index in [0.717, 1.165) is 25.0 Å². The Morgan fingerprint density at radius 1 is 0.818 bits per heavy atom. The molecule has 0 aromatic rings. The zero-order valence-electron chi connectivity index (χ0n) is 13.6. The first-order valence-corrected chi connectivity index (χ1v) is 8.87. The number of esters is 2. The lowest BCUT2D eigenvalue weighted by atomic mass is 10.1. The minimum Gasteiger partial charge on any atom is -0.466 e. The molecule has 0 aliphatic rings. The lowest BCUT2D eigenvalue weighted by Gasteiger charge is -2.06. The molecule has 22 heavy (non-hydrogen) atoms. The molecule has 0 bridgehead atoms. The van der Waals surface area contributed by atoms with Crippen molar-refractivity contribution < 1.29 is 19.1 Å². The summed E-state index contributed by atoms with van der Waals surface area (Å²) in [4.78, 5) is 22.5. The summed E-state index contributed by atoms with van der Waals surface area (Å²) in [6.07, 6.45) is 10.5. The molecule has 0 rings (SSSR count). The summed E-state index contributed by atoms with van der Waals surface area (Å²) in [5.74, 6) is 0.570. The molecule has 0 heterocycles. The Hall–Kier alpha value is -0.970. The SMILES string of the molecule is C=CCC(=O)OCCCCOC(=O)CCCCCCCCS. The topological polar surface area (TPSA) is 52.6 Å². The maximum atomic E-state index is 11.5. The fraction of sp³-hybridized carbons (Fsp3) is 0.765. The number of ether oxygens (including phenoxy) is 2. The zero-order valence-corrected chi connectivity index (χ0v) is 14.5. The standard InChI is InChI=1S/C17H30O4S/c1-2-11-16(18)20-13-8-9-14-21-17(19)12-7-5-3-4-6-10-15-22/h2,22H,1,3-15H2. The Balaban J connectivity index is 3.25. The van der Waals surface area contributed by atoms with E-state index < -0.39 is 0 Å². The van der Waals surface area contributed by atoms with Gasteiger partial charge in [-0.25, -0.2) is 0 Å². The van der Waals surface area contributed by atoms with Crippen LogP contribution in [-0.2, 0) is 19.1 Å². The van der Waals surface area contributed by atoms with Gasteiger partial charge in [0, 0.05) is 6.42 Å². The van der Waals surface area contributed by atoms with Crippen LogP contribution in [0.3, 0.4) is 0 Å². The van der Waals surface area contributed by atoms with Crippen molar-refractivity contribution in [3.8, 4) is 0 Å². The summed E-state index contributed by atoms with van der Waals surface area (Å²) in [7, 11) is 0. The Morgan fingerprint density at radius 3 is 1.95 bits per heavy atom. The lowest BCUT2D eigenvalue weighted by Crippen LogP contribution is -2.08. The maximum Gasteiger partial charge on any atom is 0.309 e. The van der Waals surface area contributed by atoms with E-state index in [1.165, 1.54) is 31.8 Å². The van der Waals surface area contributed by atoms with Crippen LogP contribution < -0.4 is 0 Å². The van der Waals surface area contributed by atoms with Crippen LogP contribution in [0.25, 0.3) is 0 Å². The van der Waals surface area contributed by atoms with E-state index in [1.807, 2.05) is 0 Å². The van der Waals surface area contributed by atoms with Gasteiger partial charge >= 0.3 is 11.9 Å². The van der Waals surface area contributed by atoms with Gasteiger partial charge in [0.1, 0.15) is 0 Å². The van der Waals surface area contributed by atoms with Crippen LogP contribution in [0.5, 0.6) is 0 Å². The molecule has 0 radical (unpaired) electrons. The van der Waals surface area contributed by atoms with Crippen molar-refractivity contribution in [3.05, 3.63) is 12.7 Å². The molecule has 0 fully saturated rings. The van der Waals surface area contributed by atoms with E-state index in [-0.39, 0.29) is 18.4 Å². The van der Waals surface area contributed by atoms with Gasteiger partial charge in [0.25, 0.3) is 0 Å². The van der Waals surface area contributed by atoms with E-state index in [2.05, 4.69) is 19.2 Å². The first-order valence-electron chi connectivity index (χ1n) is 8.23. The fourth-order valence-electron chi connectivity index (χ4n) is 1.91. The molecule has 0 aliphatic heterocycles. The molecule has 0 spiro atoms. The highest BCUT2D eigenvalue weighted by Crippen LogP contribution is 2.08. The zero-order chi connectivity index (χ0) is 16.5. The number of carbonyl (C=O) groups excluding carboxylic acids is 2. The van der Waals surface area contributed by atoms with E-state index in [9.17, 15) is 9.59 Å². The Bertz CT molecular complexity index is 305. The third-order valence-corrected chi connectivity index (χ3v) is 3.48. The van der Waals surface area contributed by atoms with Crippen molar-refractivity contribution in [3.63, 3.8) is 0 Å². The van der Waals surface area contributed by atoms with Crippen molar-refractivity contribution >= 4 is 24.6 Å². The third kappa shape index (κ3) is 15.4. The second-order valence-corrected chi connectivity index (χ2v) is 5.68. The molecule has 0 atom stereocenters. The average Bonchev–Trinajstić information content (AvgIpc) is 2.50. The fourth-order valence-corrected chi connectivity index (χ4v) is 2.14. The molecule has 4 nitrogen and oxygen atoms in total. The minimum atomic E-state index is -0.263. The van der Waals surface area contributed by atoms with Crippen LogP contribution >= 0.6 is 12.6 Å². The molecule has 0 aromatic carbocycles. The average molecular weight is 330 g/mol. The molecule has 0 aromatic heterocycles. The van der Waals surface area contributed by atoms with Crippen LogP contribution in [0.1, 0.15) is 64.2 Å². The lowest BCUT2D eigenvalue weighted by molar-refractivity contribution is -0.145. The number of hydrogen-bond acceptors (Lipinski definition) is 5. The van der Waals surface area contributed by atoms with Crippen LogP contribution in [0.2, 0.25) is 0 Å².